The van der Waals surface area contributed by atoms with E-state index >= 15 is 0 Å². The lowest BCUT2D eigenvalue weighted by molar-refractivity contribution is -0.115. The molecule has 0 radical (unpaired) electrons. The Morgan fingerprint density at radius 2 is 1.77 bits per heavy atom. The van der Waals surface area contributed by atoms with Crippen LogP contribution < -0.4 is 5.32 Å². The minimum absolute atomic E-state index is 0.127. The first-order valence-corrected chi connectivity index (χ1v) is 7.91. The van der Waals surface area contributed by atoms with Gasteiger partial charge in [0.25, 0.3) is 5.91 Å². The Bertz CT molecular complexity index is 764. The van der Waals surface area contributed by atoms with Gasteiger partial charge in [0, 0.05) is 5.02 Å². The molecule has 0 atom stereocenters. The average molecular weight is 329 g/mol. The van der Waals surface area contributed by atoms with Gasteiger partial charge in [0.2, 0.25) is 0 Å². The zero-order valence-corrected chi connectivity index (χ0v) is 13.4. The highest BCUT2D eigenvalue weighted by Gasteiger charge is 2.23. The third kappa shape index (κ3) is 3.59. The molecule has 0 saturated carbocycles. The maximum Gasteiger partial charge on any atom is 0.264 e. The fourth-order valence-electron chi connectivity index (χ4n) is 1.93. The van der Waals surface area contributed by atoms with Crippen molar-refractivity contribution in [1.82, 2.24) is 5.32 Å². The fourth-order valence-corrected chi connectivity index (χ4v) is 2.90. The number of halogens is 1. The van der Waals surface area contributed by atoms with Gasteiger partial charge < -0.3 is 5.32 Å². The molecule has 110 valence electrons. The van der Waals surface area contributed by atoms with E-state index in [9.17, 15) is 4.79 Å². The molecule has 1 fully saturated rings. The lowest BCUT2D eigenvalue weighted by Crippen LogP contribution is -2.19. The van der Waals surface area contributed by atoms with Gasteiger partial charge in [0.1, 0.15) is 0 Å². The van der Waals surface area contributed by atoms with Gasteiger partial charge in [-0.15, -0.1) is 0 Å². The second-order valence-corrected chi connectivity index (χ2v) is 6.34. The summed E-state index contributed by atoms with van der Waals surface area (Å²) in [6.45, 7) is 2.03. The number of nitrogens with zero attached hydrogens (tertiary/aromatic N) is 1. The van der Waals surface area contributed by atoms with Gasteiger partial charge >= 0.3 is 0 Å². The molecule has 0 unspecified atom stereocenters. The van der Waals surface area contributed by atoms with Crippen molar-refractivity contribution < 1.29 is 4.79 Å². The van der Waals surface area contributed by atoms with Crippen molar-refractivity contribution in [3.05, 3.63) is 69.6 Å². The zero-order valence-electron chi connectivity index (χ0n) is 11.8. The Hall–Kier alpha value is -2.04. The maximum atomic E-state index is 12.0. The Kier molecular flexibility index (Phi) is 4.32. The largest absolute Gasteiger partial charge is 0.300 e. The van der Waals surface area contributed by atoms with Crippen LogP contribution >= 0.6 is 23.4 Å². The second-order valence-electron chi connectivity index (χ2n) is 4.87. The van der Waals surface area contributed by atoms with Gasteiger partial charge in [0.15, 0.2) is 5.17 Å². The number of aliphatic imine (C=N–C) groups is 1. The van der Waals surface area contributed by atoms with E-state index < -0.39 is 0 Å². The number of nitrogens with one attached hydrogen (secondary N) is 1. The molecule has 0 bridgehead atoms. The van der Waals surface area contributed by atoms with Gasteiger partial charge in [0.05, 0.1) is 10.6 Å². The fraction of sp³-hybridized carbons (Fsp3) is 0.0588. The average Bonchev–Trinajstić information content (AvgIpc) is 2.84. The molecule has 0 spiro atoms. The molecule has 0 aromatic heterocycles. The van der Waals surface area contributed by atoms with Crippen LogP contribution in [-0.2, 0) is 4.79 Å². The van der Waals surface area contributed by atoms with E-state index in [2.05, 4.69) is 10.3 Å². The van der Waals surface area contributed by atoms with Crippen LogP contribution in [0.2, 0.25) is 5.02 Å². The zero-order chi connectivity index (χ0) is 15.5. The van der Waals surface area contributed by atoms with Crippen LogP contribution in [0.4, 0.5) is 5.69 Å². The summed E-state index contributed by atoms with van der Waals surface area (Å²) >= 11 is 7.18. The summed E-state index contributed by atoms with van der Waals surface area (Å²) in [5, 5.41) is 4.01. The molecule has 1 aliphatic rings. The molecular weight excluding hydrogens is 316 g/mol. The van der Waals surface area contributed by atoms with E-state index in [1.807, 2.05) is 49.4 Å². The Labute approximate surface area is 138 Å². The first-order chi connectivity index (χ1) is 10.6. The number of hydrogen-bond donors (Lipinski definition) is 1. The van der Waals surface area contributed by atoms with Crippen LogP contribution in [0.3, 0.4) is 0 Å². The molecular formula is C17H13ClN2OS. The Morgan fingerprint density at radius 1 is 1.09 bits per heavy atom. The third-order valence-electron chi connectivity index (χ3n) is 3.08. The molecule has 1 amide bonds. The number of amides is 1. The molecule has 1 saturated heterocycles. The molecule has 1 aliphatic heterocycles. The lowest BCUT2D eigenvalue weighted by atomic mass is 10.1. The highest BCUT2D eigenvalue weighted by Crippen LogP contribution is 2.28. The highest BCUT2D eigenvalue weighted by molar-refractivity contribution is 8.18. The molecule has 5 heteroatoms. The number of benzene rings is 2. The molecule has 3 rings (SSSR count). The van der Waals surface area contributed by atoms with Crippen molar-refractivity contribution >= 4 is 46.2 Å². The smallest absolute Gasteiger partial charge is 0.264 e. The number of carbonyl (C=O) groups excluding carboxylic acids is 1. The first kappa shape index (κ1) is 14.9. The van der Waals surface area contributed by atoms with Crippen LogP contribution in [0, 0.1) is 6.92 Å². The molecule has 2 aromatic rings. The van der Waals surface area contributed by atoms with Crippen molar-refractivity contribution in [1.29, 1.82) is 0 Å². The number of carbonyl (C=O) groups is 1. The predicted molar refractivity (Wildman–Crippen MR) is 93.4 cm³/mol. The van der Waals surface area contributed by atoms with Crippen LogP contribution in [0.1, 0.15) is 11.1 Å². The van der Waals surface area contributed by atoms with E-state index in [0.717, 1.165) is 11.3 Å². The van der Waals surface area contributed by atoms with Crippen LogP contribution in [0.15, 0.2) is 58.4 Å². The van der Waals surface area contributed by atoms with Gasteiger partial charge in [-0.3, -0.25) is 4.79 Å². The quantitative estimate of drug-likeness (QED) is 0.822. The van der Waals surface area contributed by atoms with Gasteiger partial charge in [-0.05, 0) is 54.6 Å². The van der Waals surface area contributed by atoms with Crippen molar-refractivity contribution in [3.8, 4) is 0 Å². The number of amidine groups is 1. The molecule has 22 heavy (non-hydrogen) atoms. The number of thioether (sulfide) groups is 1. The Balaban J connectivity index is 1.80. The van der Waals surface area contributed by atoms with E-state index in [-0.39, 0.29) is 5.91 Å². The summed E-state index contributed by atoms with van der Waals surface area (Å²) in [6.07, 6.45) is 1.86. The maximum absolute atomic E-state index is 12.0. The third-order valence-corrected chi connectivity index (χ3v) is 4.25. The normalized spacial score (nSPS) is 18.0. The van der Waals surface area contributed by atoms with Crippen molar-refractivity contribution in [2.45, 2.75) is 6.92 Å². The second kappa shape index (κ2) is 6.38. The highest BCUT2D eigenvalue weighted by atomic mass is 35.5. The van der Waals surface area contributed by atoms with Gasteiger partial charge in [-0.25, -0.2) is 4.99 Å². The van der Waals surface area contributed by atoms with Gasteiger partial charge in [-0.2, -0.15) is 0 Å². The van der Waals surface area contributed by atoms with E-state index in [1.165, 1.54) is 17.3 Å². The summed E-state index contributed by atoms with van der Waals surface area (Å²) in [5.74, 6) is -0.127. The molecule has 1 heterocycles. The van der Waals surface area contributed by atoms with Crippen molar-refractivity contribution in [3.63, 3.8) is 0 Å². The molecule has 1 N–H and O–H groups in total. The first-order valence-electron chi connectivity index (χ1n) is 6.72. The summed E-state index contributed by atoms with van der Waals surface area (Å²) < 4.78 is 0. The summed E-state index contributed by atoms with van der Waals surface area (Å²) in [6, 6.07) is 15.2. The van der Waals surface area contributed by atoms with Crippen LogP contribution in [-0.4, -0.2) is 11.1 Å². The number of hydrogen-bond acceptors (Lipinski definition) is 3. The summed E-state index contributed by atoms with van der Waals surface area (Å²) in [4.78, 5) is 17.0. The van der Waals surface area contributed by atoms with Crippen LogP contribution in [0.5, 0.6) is 0 Å². The standard InChI is InChI=1S/C17H13ClN2OS/c1-11-2-4-12(5-3-11)10-15-16(21)20-17(22-15)19-14-8-6-13(18)7-9-14/h2-10H,1H3,(H,19,20,21)/b15-10-. The summed E-state index contributed by atoms with van der Waals surface area (Å²) in [7, 11) is 0. The molecule has 0 aliphatic carbocycles. The van der Waals surface area contributed by atoms with E-state index in [0.29, 0.717) is 15.1 Å². The van der Waals surface area contributed by atoms with E-state index in [4.69, 9.17) is 11.6 Å². The van der Waals surface area contributed by atoms with Crippen LogP contribution in [0.25, 0.3) is 6.08 Å². The molecule has 3 nitrogen and oxygen atoms in total. The minimum Gasteiger partial charge on any atom is -0.300 e. The minimum atomic E-state index is -0.127. The lowest BCUT2D eigenvalue weighted by Gasteiger charge is -1.96. The topological polar surface area (TPSA) is 41.5 Å². The van der Waals surface area contributed by atoms with E-state index in [1.54, 1.807) is 12.1 Å². The number of aryl methyl sites for hydroxylation is 1. The van der Waals surface area contributed by atoms with Crippen molar-refractivity contribution in [2.24, 2.45) is 4.99 Å². The SMILES string of the molecule is Cc1ccc(/C=C2\SC(=Nc3ccc(Cl)cc3)NC2=O)cc1. The monoisotopic (exact) mass is 328 g/mol. The summed E-state index contributed by atoms with van der Waals surface area (Å²) in [5.41, 5.74) is 2.94. The van der Waals surface area contributed by atoms with Crippen molar-refractivity contribution in [2.75, 3.05) is 0 Å². The van der Waals surface area contributed by atoms with Gasteiger partial charge in [-0.1, -0.05) is 41.4 Å². The predicted octanol–water partition coefficient (Wildman–Crippen LogP) is 4.54. The molecule has 2 aromatic carbocycles. The Morgan fingerprint density at radius 3 is 2.45 bits per heavy atom. The number of rotatable bonds is 2.